The van der Waals surface area contributed by atoms with E-state index in [0.29, 0.717) is 29.9 Å². The molecule has 0 aliphatic carbocycles. The Balaban J connectivity index is 2.03. The van der Waals surface area contributed by atoms with Crippen molar-refractivity contribution in [1.29, 1.82) is 0 Å². The molecule has 3 rings (SSSR count). The van der Waals surface area contributed by atoms with Crippen LogP contribution in [-0.2, 0) is 0 Å². The lowest BCUT2D eigenvalue weighted by atomic mass is 10.0. The van der Waals surface area contributed by atoms with Crippen molar-refractivity contribution in [2.24, 2.45) is 0 Å². The predicted octanol–water partition coefficient (Wildman–Crippen LogP) is 2.38. The second-order valence-corrected chi connectivity index (χ2v) is 4.74. The first kappa shape index (κ1) is 11.1. The van der Waals surface area contributed by atoms with Crippen LogP contribution in [-0.4, -0.2) is 23.2 Å². The van der Waals surface area contributed by atoms with E-state index in [2.05, 4.69) is 4.98 Å². The molecule has 0 N–H and O–H groups in total. The minimum absolute atomic E-state index is 0.0907. The second kappa shape index (κ2) is 4.34. The van der Waals surface area contributed by atoms with Crippen molar-refractivity contribution in [3.63, 3.8) is 0 Å². The summed E-state index contributed by atoms with van der Waals surface area (Å²) in [4.78, 5) is 29.7. The summed E-state index contributed by atoms with van der Waals surface area (Å²) in [6.45, 7) is 0.423. The quantitative estimate of drug-likeness (QED) is 0.789. The SMILES string of the molecule is O=C1CCN(C(=O)c2cscn2)c2ccccc21. The molecule has 0 atom stereocenters. The lowest BCUT2D eigenvalue weighted by molar-refractivity contribution is 0.0953. The zero-order valence-corrected chi connectivity index (χ0v) is 10.3. The van der Waals surface area contributed by atoms with Gasteiger partial charge in [0.15, 0.2) is 5.78 Å². The zero-order valence-electron chi connectivity index (χ0n) is 9.50. The molecule has 2 aromatic rings. The molecule has 4 nitrogen and oxygen atoms in total. The maximum absolute atomic E-state index is 12.3. The van der Waals surface area contributed by atoms with E-state index in [4.69, 9.17) is 0 Å². The summed E-state index contributed by atoms with van der Waals surface area (Å²) in [6, 6.07) is 7.21. The molecule has 1 aliphatic rings. The number of fused-ring (bicyclic) bond motifs is 1. The number of aromatic nitrogens is 1. The van der Waals surface area contributed by atoms with Crippen LogP contribution >= 0.6 is 11.3 Å². The normalized spacial score (nSPS) is 14.4. The van der Waals surface area contributed by atoms with Gasteiger partial charge in [0.05, 0.1) is 11.2 Å². The number of hydrogen-bond donors (Lipinski definition) is 0. The Hall–Kier alpha value is -2.01. The van der Waals surface area contributed by atoms with Crippen molar-refractivity contribution in [2.75, 3.05) is 11.4 Å². The molecule has 0 bridgehead atoms. The highest BCUT2D eigenvalue weighted by atomic mass is 32.1. The van der Waals surface area contributed by atoms with Crippen molar-refractivity contribution in [3.05, 3.63) is 46.4 Å². The molecule has 1 amide bonds. The van der Waals surface area contributed by atoms with Crippen LogP contribution in [0.15, 0.2) is 35.2 Å². The van der Waals surface area contributed by atoms with E-state index in [-0.39, 0.29) is 11.7 Å². The minimum Gasteiger partial charge on any atom is -0.306 e. The molecule has 5 heteroatoms. The molecule has 0 spiro atoms. The van der Waals surface area contributed by atoms with Crippen LogP contribution < -0.4 is 4.90 Å². The van der Waals surface area contributed by atoms with E-state index < -0.39 is 0 Å². The zero-order chi connectivity index (χ0) is 12.5. The average molecular weight is 258 g/mol. The van der Waals surface area contributed by atoms with E-state index >= 15 is 0 Å². The number of para-hydroxylation sites is 1. The van der Waals surface area contributed by atoms with E-state index in [1.54, 1.807) is 27.9 Å². The minimum atomic E-state index is -0.142. The molecule has 0 fully saturated rings. The molecule has 18 heavy (non-hydrogen) atoms. The molecule has 2 heterocycles. The van der Waals surface area contributed by atoms with Gasteiger partial charge in [-0.15, -0.1) is 11.3 Å². The lowest BCUT2D eigenvalue weighted by Gasteiger charge is -2.27. The third-order valence-corrected chi connectivity index (χ3v) is 3.54. The van der Waals surface area contributed by atoms with Crippen molar-refractivity contribution >= 4 is 28.7 Å². The van der Waals surface area contributed by atoms with Gasteiger partial charge in [-0.25, -0.2) is 4.98 Å². The monoisotopic (exact) mass is 258 g/mol. The fourth-order valence-corrected chi connectivity index (χ4v) is 2.61. The molecule has 1 aromatic heterocycles. The van der Waals surface area contributed by atoms with Gasteiger partial charge in [-0.1, -0.05) is 12.1 Å². The summed E-state index contributed by atoms with van der Waals surface area (Å²) in [5, 5.41) is 1.72. The Morgan fingerprint density at radius 3 is 2.94 bits per heavy atom. The van der Waals surface area contributed by atoms with E-state index in [1.165, 1.54) is 11.3 Å². The number of ketones is 1. The Morgan fingerprint density at radius 2 is 2.17 bits per heavy atom. The number of hydrogen-bond acceptors (Lipinski definition) is 4. The van der Waals surface area contributed by atoms with E-state index in [0.717, 1.165) is 0 Å². The number of amides is 1. The molecule has 90 valence electrons. The van der Waals surface area contributed by atoms with Crippen molar-refractivity contribution in [2.45, 2.75) is 6.42 Å². The van der Waals surface area contributed by atoms with Gasteiger partial charge in [-0.05, 0) is 12.1 Å². The molecule has 0 saturated heterocycles. The van der Waals surface area contributed by atoms with Crippen LogP contribution in [0.25, 0.3) is 0 Å². The summed E-state index contributed by atoms with van der Waals surface area (Å²) in [7, 11) is 0. The molecule has 1 aromatic carbocycles. The molecule has 0 radical (unpaired) electrons. The van der Waals surface area contributed by atoms with Crippen LogP contribution in [0.3, 0.4) is 0 Å². The highest BCUT2D eigenvalue weighted by Crippen LogP contribution is 2.27. The number of carbonyl (C=O) groups excluding carboxylic acids is 2. The van der Waals surface area contributed by atoms with Gasteiger partial charge in [0.1, 0.15) is 5.69 Å². The van der Waals surface area contributed by atoms with Crippen molar-refractivity contribution < 1.29 is 9.59 Å². The first-order valence-corrected chi connectivity index (χ1v) is 6.54. The maximum atomic E-state index is 12.3. The molecular formula is C13H10N2O2S. The van der Waals surface area contributed by atoms with Gasteiger partial charge in [0.25, 0.3) is 5.91 Å². The summed E-state index contributed by atoms with van der Waals surface area (Å²) < 4.78 is 0. The Kier molecular flexibility index (Phi) is 2.68. The molecule has 0 unspecified atom stereocenters. The Labute approximate surface area is 108 Å². The van der Waals surface area contributed by atoms with Gasteiger partial charge >= 0.3 is 0 Å². The topological polar surface area (TPSA) is 50.3 Å². The number of nitrogens with zero attached hydrogens (tertiary/aromatic N) is 2. The summed E-state index contributed by atoms with van der Waals surface area (Å²) in [6.07, 6.45) is 0.368. The van der Waals surface area contributed by atoms with Crippen molar-refractivity contribution in [3.8, 4) is 0 Å². The van der Waals surface area contributed by atoms with E-state index in [1.807, 2.05) is 12.1 Å². The van der Waals surface area contributed by atoms with Gasteiger partial charge in [0, 0.05) is 23.9 Å². The highest BCUT2D eigenvalue weighted by Gasteiger charge is 2.28. The predicted molar refractivity (Wildman–Crippen MR) is 69.2 cm³/mol. The fourth-order valence-electron chi connectivity index (χ4n) is 2.08. The number of thiazole rings is 1. The van der Waals surface area contributed by atoms with Crippen LogP contribution in [0.1, 0.15) is 27.3 Å². The third-order valence-electron chi connectivity index (χ3n) is 2.95. The van der Waals surface area contributed by atoms with Crippen LogP contribution in [0.4, 0.5) is 5.69 Å². The largest absolute Gasteiger partial charge is 0.306 e. The molecular weight excluding hydrogens is 248 g/mol. The standard InChI is InChI=1S/C13H10N2O2S/c16-12-5-6-15(11-4-2-1-3-9(11)12)13(17)10-7-18-8-14-10/h1-4,7-8H,5-6H2. The Morgan fingerprint density at radius 1 is 1.33 bits per heavy atom. The van der Waals surface area contributed by atoms with Gasteiger partial charge in [0.2, 0.25) is 0 Å². The number of anilines is 1. The van der Waals surface area contributed by atoms with Gasteiger partial charge < -0.3 is 4.90 Å². The number of benzene rings is 1. The van der Waals surface area contributed by atoms with Crippen LogP contribution in [0.5, 0.6) is 0 Å². The summed E-state index contributed by atoms with van der Waals surface area (Å²) in [5.41, 5.74) is 3.37. The van der Waals surface area contributed by atoms with Crippen molar-refractivity contribution in [1.82, 2.24) is 4.98 Å². The fraction of sp³-hybridized carbons (Fsp3) is 0.154. The number of rotatable bonds is 1. The first-order valence-electron chi connectivity index (χ1n) is 5.59. The third kappa shape index (κ3) is 1.73. The summed E-state index contributed by atoms with van der Waals surface area (Å²) in [5.74, 6) is -0.0517. The van der Waals surface area contributed by atoms with Crippen LogP contribution in [0, 0.1) is 0 Å². The molecule has 0 saturated carbocycles. The summed E-state index contributed by atoms with van der Waals surface area (Å²) >= 11 is 1.39. The number of Topliss-reactive ketones (excluding diaryl/α,β-unsaturated/α-hetero) is 1. The van der Waals surface area contributed by atoms with Gasteiger partial charge in [-0.3, -0.25) is 9.59 Å². The first-order chi connectivity index (χ1) is 8.77. The smallest absolute Gasteiger partial charge is 0.277 e. The average Bonchev–Trinajstić information content (AvgIpc) is 2.93. The number of carbonyl (C=O) groups is 2. The highest BCUT2D eigenvalue weighted by molar-refractivity contribution is 7.07. The second-order valence-electron chi connectivity index (χ2n) is 4.02. The lowest BCUT2D eigenvalue weighted by Crippen LogP contribution is -2.37. The molecule has 1 aliphatic heterocycles. The van der Waals surface area contributed by atoms with Crippen LogP contribution in [0.2, 0.25) is 0 Å². The van der Waals surface area contributed by atoms with E-state index in [9.17, 15) is 9.59 Å². The maximum Gasteiger partial charge on any atom is 0.277 e. The Bertz CT molecular complexity index is 607. The van der Waals surface area contributed by atoms with Gasteiger partial charge in [-0.2, -0.15) is 0 Å².